The van der Waals surface area contributed by atoms with Gasteiger partial charge in [-0.1, -0.05) is 12.8 Å². The van der Waals surface area contributed by atoms with E-state index in [0.717, 1.165) is 35.0 Å². The molecule has 0 radical (unpaired) electrons. The van der Waals surface area contributed by atoms with Crippen molar-refractivity contribution in [1.82, 2.24) is 0 Å². The number of hydrogen-bond donors (Lipinski definition) is 3. The third-order valence-corrected chi connectivity index (χ3v) is 4.66. The van der Waals surface area contributed by atoms with E-state index in [0.29, 0.717) is 12.5 Å². The molecule has 1 saturated carbocycles. The quantitative estimate of drug-likeness (QED) is 0.741. The first-order valence-corrected chi connectivity index (χ1v) is 7.62. The number of benzene rings is 1. The number of nitrogens with one attached hydrogen (secondary N) is 2. The van der Waals surface area contributed by atoms with Crippen molar-refractivity contribution in [3.05, 3.63) is 17.7 Å². The van der Waals surface area contributed by atoms with Gasteiger partial charge in [0.05, 0.1) is 11.4 Å². The summed E-state index contributed by atoms with van der Waals surface area (Å²) in [5.74, 6) is 0.831. The Morgan fingerprint density at radius 2 is 2.05 bits per heavy atom. The number of anilines is 3. The highest BCUT2D eigenvalue weighted by Gasteiger charge is 2.23. The predicted molar refractivity (Wildman–Crippen MR) is 82.8 cm³/mol. The minimum atomic E-state index is 0.0945. The van der Waals surface area contributed by atoms with Gasteiger partial charge in [-0.05, 0) is 49.8 Å². The largest absolute Gasteiger partial charge is 0.397 e. The number of fused-ring (bicyclic) bond motifs is 1. The maximum absolute atomic E-state index is 11.5. The van der Waals surface area contributed by atoms with Gasteiger partial charge in [0.25, 0.3) is 0 Å². The van der Waals surface area contributed by atoms with Crippen molar-refractivity contribution in [1.29, 1.82) is 0 Å². The van der Waals surface area contributed by atoms with E-state index < -0.39 is 0 Å². The molecule has 3 rings (SSSR count). The van der Waals surface area contributed by atoms with Crippen LogP contribution in [0.5, 0.6) is 0 Å². The van der Waals surface area contributed by atoms with Crippen LogP contribution in [0.15, 0.2) is 12.1 Å². The zero-order chi connectivity index (χ0) is 14.1. The average Bonchev–Trinajstić information content (AvgIpc) is 2.94. The van der Waals surface area contributed by atoms with E-state index in [1.165, 1.54) is 25.7 Å². The van der Waals surface area contributed by atoms with Gasteiger partial charge in [-0.3, -0.25) is 4.79 Å². The van der Waals surface area contributed by atoms with Gasteiger partial charge >= 0.3 is 0 Å². The highest BCUT2D eigenvalue weighted by atomic mass is 16.1. The van der Waals surface area contributed by atoms with Crippen molar-refractivity contribution >= 4 is 23.0 Å². The topological polar surface area (TPSA) is 67.1 Å². The molecule has 1 aliphatic carbocycles. The maximum Gasteiger partial charge on any atom is 0.224 e. The van der Waals surface area contributed by atoms with Gasteiger partial charge in [-0.25, -0.2) is 0 Å². The Morgan fingerprint density at radius 3 is 2.80 bits per heavy atom. The molecule has 1 aromatic rings. The summed E-state index contributed by atoms with van der Waals surface area (Å²) in [7, 11) is 0. The lowest BCUT2D eigenvalue weighted by molar-refractivity contribution is -0.116. The molecule has 1 aromatic carbocycles. The predicted octanol–water partition coefficient (Wildman–Crippen LogP) is 3.14. The van der Waals surface area contributed by atoms with E-state index in [2.05, 4.69) is 17.6 Å². The molecule has 1 unspecified atom stereocenters. The van der Waals surface area contributed by atoms with Gasteiger partial charge < -0.3 is 16.4 Å². The van der Waals surface area contributed by atoms with E-state index >= 15 is 0 Å². The molecule has 108 valence electrons. The van der Waals surface area contributed by atoms with Crippen LogP contribution in [-0.2, 0) is 11.2 Å². The summed E-state index contributed by atoms with van der Waals surface area (Å²) in [5.41, 5.74) is 9.94. The van der Waals surface area contributed by atoms with Crippen LogP contribution in [-0.4, -0.2) is 11.9 Å². The highest BCUT2D eigenvalue weighted by Crippen LogP contribution is 2.34. The molecule has 0 spiro atoms. The van der Waals surface area contributed by atoms with E-state index in [9.17, 15) is 4.79 Å². The van der Waals surface area contributed by atoms with E-state index in [4.69, 9.17) is 5.73 Å². The summed E-state index contributed by atoms with van der Waals surface area (Å²) >= 11 is 0. The van der Waals surface area contributed by atoms with E-state index in [1.54, 1.807) is 0 Å². The van der Waals surface area contributed by atoms with Crippen LogP contribution >= 0.6 is 0 Å². The summed E-state index contributed by atoms with van der Waals surface area (Å²) < 4.78 is 0. The molecular formula is C16H23N3O. The second-order valence-electron chi connectivity index (χ2n) is 6.12. The fourth-order valence-corrected chi connectivity index (χ4v) is 3.39. The number of hydrogen-bond acceptors (Lipinski definition) is 3. The van der Waals surface area contributed by atoms with Crippen molar-refractivity contribution in [3.8, 4) is 0 Å². The molecule has 1 amide bonds. The Labute approximate surface area is 120 Å². The molecule has 1 fully saturated rings. The maximum atomic E-state index is 11.5. The zero-order valence-electron chi connectivity index (χ0n) is 12.0. The van der Waals surface area contributed by atoms with Gasteiger partial charge in [0, 0.05) is 18.2 Å². The monoisotopic (exact) mass is 273 g/mol. The smallest absolute Gasteiger partial charge is 0.224 e. The van der Waals surface area contributed by atoms with Crippen molar-refractivity contribution in [2.24, 2.45) is 5.92 Å². The van der Waals surface area contributed by atoms with Crippen LogP contribution in [0.1, 0.15) is 44.6 Å². The van der Waals surface area contributed by atoms with Crippen molar-refractivity contribution in [3.63, 3.8) is 0 Å². The highest BCUT2D eigenvalue weighted by molar-refractivity contribution is 5.95. The van der Waals surface area contributed by atoms with Gasteiger partial charge in [-0.2, -0.15) is 0 Å². The third-order valence-electron chi connectivity index (χ3n) is 4.66. The molecule has 2 aliphatic rings. The molecule has 1 aliphatic heterocycles. The molecule has 4 N–H and O–H groups in total. The van der Waals surface area contributed by atoms with E-state index in [1.807, 2.05) is 12.1 Å². The molecule has 0 bridgehead atoms. The number of carbonyl (C=O) groups excluding carboxylic acids is 1. The fraction of sp³-hybridized carbons (Fsp3) is 0.562. The fourth-order valence-electron chi connectivity index (χ4n) is 3.39. The Bertz CT molecular complexity index is 521. The molecule has 0 saturated heterocycles. The molecular weight excluding hydrogens is 250 g/mol. The first-order valence-electron chi connectivity index (χ1n) is 7.62. The molecule has 1 atom stereocenters. The van der Waals surface area contributed by atoms with E-state index in [-0.39, 0.29) is 5.91 Å². The van der Waals surface area contributed by atoms with Gasteiger partial charge in [0.2, 0.25) is 5.91 Å². The van der Waals surface area contributed by atoms with Crippen LogP contribution in [0.3, 0.4) is 0 Å². The Kier molecular flexibility index (Phi) is 3.55. The summed E-state index contributed by atoms with van der Waals surface area (Å²) in [6.45, 7) is 2.23. The summed E-state index contributed by atoms with van der Waals surface area (Å²) in [6, 6.07) is 4.42. The molecule has 4 nitrogen and oxygen atoms in total. The first kappa shape index (κ1) is 13.3. The minimum Gasteiger partial charge on any atom is -0.397 e. The lowest BCUT2D eigenvalue weighted by Gasteiger charge is -2.25. The summed E-state index contributed by atoms with van der Waals surface area (Å²) in [6.07, 6.45) is 6.62. The molecule has 1 heterocycles. The molecule has 0 aromatic heterocycles. The van der Waals surface area contributed by atoms with Crippen molar-refractivity contribution in [2.75, 3.05) is 16.4 Å². The van der Waals surface area contributed by atoms with Crippen LogP contribution in [0.4, 0.5) is 17.1 Å². The standard InChI is InChI=1S/C16H23N3O/c1-10(11-4-2-3-5-11)18-15-9-14-12(8-13(15)17)6-7-16(20)19-14/h8-11,18H,2-7,17H2,1H3,(H,19,20). The lowest BCUT2D eigenvalue weighted by atomic mass is 9.98. The Morgan fingerprint density at radius 1 is 1.30 bits per heavy atom. The number of aryl methyl sites for hydroxylation is 1. The first-order chi connectivity index (χ1) is 9.63. The average molecular weight is 273 g/mol. The van der Waals surface area contributed by atoms with Crippen LogP contribution in [0, 0.1) is 5.92 Å². The zero-order valence-corrected chi connectivity index (χ0v) is 12.0. The number of nitrogens with two attached hydrogens (primary N) is 1. The lowest BCUT2D eigenvalue weighted by Crippen LogP contribution is -2.25. The van der Waals surface area contributed by atoms with Gasteiger partial charge in [-0.15, -0.1) is 0 Å². The Hall–Kier alpha value is -1.71. The van der Waals surface area contributed by atoms with Crippen LogP contribution < -0.4 is 16.4 Å². The summed E-state index contributed by atoms with van der Waals surface area (Å²) in [4.78, 5) is 11.5. The summed E-state index contributed by atoms with van der Waals surface area (Å²) in [5, 5.41) is 6.48. The molecule has 4 heteroatoms. The normalized spacial score (nSPS) is 20.4. The second-order valence-corrected chi connectivity index (χ2v) is 6.12. The van der Waals surface area contributed by atoms with Crippen LogP contribution in [0.2, 0.25) is 0 Å². The van der Waals surface area contributed by atoms with Crippen LogP contribution in [0.25, 0.3) is 0 Å². The number of rotatable bonds is 3. The molecule has 20 heavy (non-hydrogen) atoms. The SMILES string of the molecule is CC(Nc1cc2c(cc1N)CCC(=O)N2)C1CCCC1. The van der Waals surface area contributed by atoms with Crippen molar-refractivity contribution < 1.29 is 4.79 Å². The second kappa shape index (κ2) is 5.35. The number of nitrogen functional groups attached to an aromatic ring is 1. The minimum absolute atomic E-state index is 0.0945. The number of amides is 1. The Balaban J connectivity index is 1.78. The van der Waals surface area contributed by atoms with Gasteiger partial charge in [0.1, 0.15) is 0 Å². The van der Waals surface area contributed by atoms with Crippen molar-refractivity contribution in [2.45, 2.75) is 51.5 Å². The third kappa shape index (κ3) is 2.60. The number of carbonyl (C=O) groups is 1. The van der Waals surface area contributed by atoms with Gasteiger partial charge in [0.15, 0.2) is 0 Å².